The third-order valence-electron chi connectivity index (χ3n) is 17.7. The summed E-state index contributed by atoms with van der Waals surface area (Å²) in [6, 6.07) is -0.625. The molecule has 486 valence electrons. The second kappa shape index (κ2) is 71.8. The van der Waals surface area contributed by atoms with Crippen LogP contribution in [0.25, 0.3) is 0 Å². The Hall–Kier alpha value is -1.66. The average Bonchev–Trinajstić information content (AvgIpc) is 3.48. The van der Waals surface area contributed by atoms with Crippen molar-refractivity contribution in [2.45, 2.75) is 437 Å². The van der Waals surface area contributed by atoms with Gasteiger partial charge in [0.25, 0.3) is 0 Å². The molecule has 0 aliphatic rings. The first-order chi connectivity index (χ1) is 40.5. The van der Waals surface area contributed by atoms with Crippen LogP contribution < -0.4 is 5.32 Å². The van der Waals surface area contributed by atoms with E-state index in [1.807, 2.05) is 6.08 Å². The monoisotopic (exact) mass is 1150 g/mol. The maximum absolute atomic E-state index is 12.5. The lowest BCUT2D eigenvalue weighted by molar-refractivity contribution is -0.143. The van der Waals surface area contributed by atoms with Crippen LogP contribution in [0.5, 0.6) is 0 Å². The van der Waals surface area contributed by atoms with E-state index in [1.165, 1.54) is 353 Å². The number of hydrogen-bond donors (Lipinski definition) is 3. The summed E-state index contributed by atoms with van der Waals surface area (Å²) in [4.78, 5) is 24.6. The highest BCUT2D eigenvalue weighted by atomic mass is 16.5. The van der Waals surface area contributed by atoms with Gasteiger partial charge in [-0.15, -0.1) is 0 Å². The van der Waals surface area contributed by atoms with E-state index in [-0.39, 0.29) is 18.5 Å². The van der Waals surface area contributed by atoms with E-state index < -0.39 is 12.1 Å². The van der Waals surface area contributed by atoms with Gasteiger partial charge < -0.3 is 20.3 Å². The number of nitrogens with one attached hydrogen (secondary N) is 1. The molecule has 6 nitrogen and oxygen atoms in total. The standard InChI is InChI=1S/C76H147NO5/c1-3-5-7-9-11-13-15-17-19-36-40-44-48-52-56-60-64-68-74(79)73(72-78)77-75(80)69-65-61-57-53-49-45-41-38-34-32-30-28-26-24-22-21-23-25-27-29-31-33-35-39-43-47-51-55-59-63-67-71-82-76(81)70-66-62-58-54-50-46-42-37-20-18-16-14-12-10-8-6-4-2/h18,20,64,68,73-74,78-79H,3-17,19,21-63,65-67,69-72H2,1-2H3,(H,77,80)/b20-18-,68-64+. The number of unbranched alkanes of at least 4 members (excludes halogenated alkanes) is 58. The minimum atomic E-state index is -0.841. The summed E-state index contributed by atoms with van der Waals surface area (Å²) in [5, 5.41) is 23.2. The van der Waals surface area contributed by atoms with Gasteiger partial charge in [0.15, 0.2) is 0 Å². The van der Waals surface area contributed by atoms with Crippen molar-refractivity contribution < 1.29 is 24.5 Å². The first-order valence-electron chi connectivity index (χ1n) is 37.6. The number of rotatable bonds is 71. The molecular weight excluding hydrogens is 1010 g/mol. The van der Waals surface area contributed by atoms with Gasteiger partial charge in [-0.2, -0.15) is 0 Å². The number of ether oxygens (including phenoxy) is 1. The molecule has 82 heavy (non-hydrogen) atoms. The lowest BCUT2D eigenvalue weighted by atomic mass is 10.0. The van der Waals surface area contributed by atoms with Crippen LogP contribution in [0.15, 0.2) is 24.3 Å². The average molecular weight is 1160 g/mol. The molecule has 0 bridgehead atoms. The van der Waals surface area contributed by atoms with Crippen molar-refractivity contribution in [2.75, 3.05) is 13.2 Å². The molecule has 2 unspecified atom stereocenters. The minimum Gasteiger partial charge on any atom is -0.466 e. The van der Waals surface area contributed by atoms with Gasteiger partial charge in [0, 0.05) is 12.8 Å². The normalized spacial score (nSPS) is 12.6. The smallest absolute Gasteiger partial charge is 0.305 e. The topological polar surface area (TPSA) is 95.9 Å². The SMILES string of the molecule is CCCCCCCC/C=C\CCCCCCCCCC(=O)OCCCCCCCCCCCCCCCCCCCCCCCCCCCCCCCCCC(=O)NC(CO)C(O)/C=C/CCCCCCCCCCCCCCCCC. The van der Waals surface area contributed by atoms with E-state index in [0.717, 1.165) is 44.9 Å². The predicted molar refractivity (Wildman–Crippen MR) is 361 cm³/mol. The summed E-state index contributed by atoms with van der Waals surface area (Å²) < 4.78 is 5.51. The molecule has 0 aromatic rings. The Morgan fingerprint density at radius 3 is 0.866 bits per heavy atom. The fourth-order valence-corrected chi connectivity index (χ4v) is 12.0. The summed E-state index contributed by atoms with van der Waals surface area (Å²) in [7, 11) is 0. The fraction of sp³-hybridized carbons (Fsp3) is 0.921. The minimum absolute atomic E-state index is 0.0179. The number of carbonyl (C=O) groups is 2. The van der Waals surface area contributed by atoms with Gasteiger partial charge in [-0.1, -0.05) is 378 Å². The maximum Gasteiger partial charge on any atom is 0.305 e. The van der Waals surface area contributed by atoms with Crippen molar-refractivity contribution in [2.24, 2.45) is 0 Å². The van der Waals surface area contributed by atoms with Gasteiger partial charge in [-0.05, 0) is 57.8 Å². The molecule has 1 amide bonds. The van der Waals surface area contributed by atoms with Crippen LogP contribution >= 0.6 is 0 Å². The molecule has 0 rings (SSSR count). The zero-order chi connectivity index (χ0) is 59.2. The fourth-order valence-electron chi connectivity index (χ4n) is 12.0. The van der Waals surface area contributed by atoms with Gasteiger partial charge in [0.05, 0.1) is 25.4 Å². The van der Waals surface area contributed by atoms with Gasteiger partial charge in [0.2, 0.25) is 5.91 Å². The molecule has 0 aliphatic carbocycles. The van der Waals surface area contributed by atoms with Crippen LogP contribution in [0, 0.1) is 0 Å². The molecule has 6 heteroatoms. The molecule has 0 aliphatic heterocycles. The summed E-state index contributed by atoms with van der Waals surface area (Å²) in [6.07, 6.45) is 91.4. The van der Waals surface area contributed by atoms with Crippen molar-refractivity contribution >= 4 is 11.9 Å². The number of amides is 1. The molecule has 0 fully saturated rings. The molecule has 0 aromatic heterocycles. The van der Waals surface area contributed by atoms with Gasteiger partial charge >= 0.3 is 5.97 Å². The van der Waals surface area contributed by atoms with Crippen LogP contribution in [0.3, 0.4) is 0 Å². The molecule has 3 N–H and O–H groups in total. The van der Waals surface area contributed by atoms with Crippen molar-refractivity contribution in [3.63, 3.8) is 0 Å². The largest absolute Gasteiger partial charge is 0.466 e. The molecule has 2 atom stereocenters. The predicted octanol–water partition coefficient (Wildman–Crippen LogP) is 24.5. The number of hydrogen-bond acceptors (Lipinski definition) is 5. The zero-order valence-corrected chi connectivity index (χ0v) is 55.8. The number of carbonyl (C=O) groups excluding carboxylic acids is 2. The molecule has 0 aromatic carbocycles. The Morgan fingerprint density at radius 2 is 0.573 bits per heavy atom. The van der Waals surface area contributed by atoms with E-state index >= 15 is 0 Å². The van der Waals surface area contributed by atoms with Crippen molar-refractivity contribution in [3.05, 3.63) is 24.3 Å². The van der Waals surface area contributed by atoms with Gasteiger partial charge in [-0.3, -0.25) is 9.59 Å². The molecule has 0 heterocycles. The van der Waals surface area contributed by atoms with E-state index in [9.17, 15) is 19.8 Å². The lowest BCUT2D eigenvalue weighted by Crippen LogP contribution is -2.45. The van der Waals surface area contributed by atoms with E-state index in [0.29, 0.717) is 19.4 Å². The number of aliphatic hydroxyl groups excluding tert-OH is 2. The third-order valence-corrected chi connectivity index (χ3v) is 17.7. The van der Waals surface area contributed by atoms with Crippen molar-refractivity contribution in [3.8, 4) is 0 Å². The molecule has 0 saturated heterocycles. The van der Waals surface area contributed by atoms with E-state index in [4.69, 9.17) is 4.74 Å². The second-order valence-electron chi connectivity index (χ2n) is 26.0. The lowest BCUT2D eigenvalue weighted by Gasteiger charge is -2.20. The first kappa shape index (κ1) is 80.3. The maximum atomic E-state index is 12.5. The first-order valence-corrected chi connectivity index (χ1v) is 37.6. The van der Waals surface area contributed by atoms with Crippen LogP contribution in [-0.2, 0) is 14.3 Å². The Balaban J connectivity index is 3.33. The van der Waals surface area contributed by atoms with Crippen molar-refractivity contribution in [1.82, 2.24) is 5.32 Å². The van der Waals surface area contributed by atoms with Crippen molar-refractivity contribution in [1.29, 1.82) is 0 Å². The van der Waals surface area contributed by atoms with E-state index in [2.05, 4.69) is 31.3 Å². The Bertz CT molecular complexity index is 1280. The van der Waals surface area contributed by atoms with Crippen LogP contribution in [0.1, 0.15) is 425 Å². The van der Waals surface area contributed by atoms with Gasteiger partial charge in [-0.25, -0.2) is 0 Å². The molecular formula is C76H147NO5. The second-order valence-corrected chi connectivity index (χ2v) is 26.0. The van der Waals surface area contributed by atoms with Crippen LogP contribution in [0.2, 0.25) is 0 Å². The third kappa shape index (κ3) is 67.5. The molecule has 0 saturated carbocycles. The quantitative estimate of drug-likeness (QED) is 0.0320. The zero-order valence-electron chi connectivity index (χ0n) is 55.8. The molecule has 0 radical (unpaired) electrons. The highest BCUT2D eigenvalue weighted by molar-refractivity contribution is 5.76. The number of allylic oxidation sites excluding steroid dienone is 3. The Morgan fingerprint density at radius 1 is 0.329 bits per heavy atom. The summed E-state index contributed by atoms with van der Waals surface area (Å²) in [6.45, 7) is 4.94. The van der Waals surface area contributed by atoms with Crippen LogP contribution in [0.4, 0.5) is 0 Å². The molecule has 0 spiro atoms. The van der Waals surface area contributed by atoms with E-state index in [1.54, 1.807) is 6.08 Å². The summed E-state index contributed by atoms with van der Waals surface area (Å²) >= 11 is 0. The summed E-state index contributed by atoms with van der Waals surface area (Å²) in [5.74, 6) is -0.0423. The number of aliphatic hydroxyl groups is 2. The Kier molecular flexibility index (Phi) is 70.4. The van der Waals surface area contributed by atoms with Gasteiger partial charge in [0.1, 0.15) is 0 Å². The highest BCUT2D eigenvalue weighted by Crippen LogP contribution is 2.19. The van der Waals surface area contributed by atoms with Crippen LogP contribution in [-0.4, -0.2) is 47.4 Å². The summed E-state index contributed by atoms with van der Waals surface area (Å²) in [5.41, 5.74) is 0. The number of esters is 1. The Labute approximate surface area is 513 Å². The highest BCUT2D eigenvalue weighted by Gasteiger charge is 2.18.